The minimum Gasteiger partial charge on any atom is -0.497 e. The molecule has 11 heteroatoms. The third kappa shape index (κ3) is 4.03. The Morgan fingerprint density at radius 1 is 1.03 bits per heavy atom. The van der Waals surface area contributed by atoms with Crippen LogP contribution in [-0.4, -0.2) is 50.6 Å². The quantitative estimate of drug-likeness (QED) is 0.451. The smallest absolute Gasteiger partial charge is 0.337 e. The molecular formula is C21H18N6O5. The average Bonchev–Trinajstić information content (AvgIpc) is 3.26. The molecule has 0 atom stereocenters. The molecule has 0 saturated carbocycles. The fraction of sp³-hybridized carbons (Fsp3) is 0.143. The van der Waals surface area contributed by atoms with E-state index in [1.807, 2.05) is 0 Å². The summed E-state index contributed by atoms with van der Waals surface area (Å²) < 4.78 is 12.4. The maximum atomic E-state index is 12.8. The van der Waals surface area contributed by atoms with Gasteiger partial charge in [-0.25, -0.2) is 9.78 Å². The molecule has 0 aliphatic rings. The summed E-state index contributed by atoms with van der Waals surface area (Å²) in [5, 5.41) is 10.6. The predicted octanol–water partition coefficient (Wildman–Crippen LogP) is 1.41. The molecule has 2 aromatic carbocycles. The van der Waals surface area contributed by atoms with E-state index in [9.17, 15) is 14.4 Å². The van der Waals surface area contributed by atoms with Crippen molar-refractivity contribution in [3.63, 3.8) is 0 Å². The van der Waals surface area contributed by atoms with Gasteiger partial charge in [-0.05, 0) is 48.5 Å². The van der Waals surface area contributed by atoms with Gasteiger partial charge in [0.1, 0.15) is 18.6 Å². The van der Waals surface area contributed by atoms with Crippen molar-refractivity contribution < 1.29 is 19.1 Å². The van der Waals surface area contributed by atoms with E-state index in [1.54, 1.807) is 43.5 Å². The Hall–Kier alpha value is -4.54. The van der Waals surface area contributed by atoms with Crippen LogP contribution in [0.15, 0.2) is 59.7 Å². The number of rotatable bonds is 6. The van der Waals surface area contributed by atoms with Gasteiger partial charge in [0, 0.05) is 5.69 Å². The van der Waals surface area contributed by atoms with E-state index in [2.05, 4.69) is 25.3 Å². The van der Waals surface area contributed by atoms with Crippen molar-refractivity contribution in [3.05, 3.63) is 70.8 Å². The van der Waals surface area contributed by atoms with E-state index in [0.717, 1.165) is 4.57 Å². The molecule has 0 radical (unpaired) electrons. The Morgan fingerprint density at radius 3 is 2.41 bits per heavy atom. The first-order valence-electron chi connectivity index (χ1n) is 9.43. The second-order valence-corrected chi connectivity index (χ2v) is 6.67. The molecule has 0 unspecified atom stereocenters. The van der Waals surface area contributed by atoms with Crippen molar-refractivity contribution >= 4 is 28.7 Å². The fourth-order valence-corrected chi connectivity index (χ4v) is 3.02. The van der Waals surface area contributed by atoms with Gasteiger partial charge in [0.05, 0.1) is 25.5 Å². The summed E-state index contributed by atoms with van der Waals surface area (Å²) in [4.78, 5) is 40.9. The first-order chi connectivity index (χ1) is 15.5. The zero-order chi connectivity index (χ0) is 22.7. The zero-order valence-corrected chi connectivity index (χ0v) is 17.2. The van der Waals surface area contributed by atoms with E-state index in [0.29, 0.717) is 22.7 Å². The third-order valence-corrected chi connectivity index (χ3v) is 4.65. The largest absolute Gasteiger partial charge is 0.497 e. The van der Waals surface area contributed by atoms with Gasteiger partial charge in [0.2, 0.25) is 5.91 Å². The molecule has 0 aliphatic carbocycles. The summed E-state index contributed by atoms with van der Waals surface area (Å²) in [5.41, 5.74) is 1.30. The molecule has 4 aromatic rings. The van der Waals surface area contributed by atoms with Crippen LogP contribution in [0.4, 0.5) is 5.69 Å². The Morgan fingerprint density at radius 2 is 1.75 bits per heavy atom. The number of ether oxygens (including phenoxy) is 2. The average molecular weight is 434 g/mol. The van der Waals surface area contributed by atoms with E-state index in [-0.39, 0.29) is 17.7 Å². The number of benzene rings is 2. The molecule has 11 nitrogen and oxygen atoms in total. The van der Waals surface area contributed by atoms with Gasteiger partial charge in [-0.3, -0.25) is 14.2 Å². The van der Waals surface area contributed by atoms with Gasteiger partial charge in [0.15, 0.2) is 11.2 Å². The SMILES string of the molecule is COC(=O)c1ccc(NC(=O)Cn2cnc3c(nnn3-c3ccc(OC)cc3)c2=O)cc1. The highest BCUT2D eigenvalue weighted by molar-refractivity contribution is 5.93. The lowest BCUT2D eigenvalue weighted by molar-refractivity contribution is -0.116. The normalized spacial score (nSPS) is 10.7. The summed E-state index contributed by atoms with van der Waals surface area (Å²) in [6.45, 7) is -0.268. The topological polar surface area (TPSA) is 130 Å². The minimum atomic E-state index is -0.494. The van der Waals surface area contributed by atoms with Crippen molar-refractivity contribution in [1.82, 2.24) is 24.5 Å². The number of esters is 1. The number of nitrogens with one attached hydrogen (secondary N) is 1. The van der Waals surface area contributed by atoms with Crippen LogP contribution >= 0.6 is 0 Å². The first-order valence-corrected chi connectivity index (χ1v) is 9.43. The van der Waals surface area contributed by atoms with E-state index in [4.69, 9.17) is 4.74 Å². The number of fused-ring (bicyclic) bond motifs is 1. The number of anilines is 1. The molecule has 0 bridgehead atoms. The highest BCUT2D eigenvalue weighted by Gasteiger charge is 2.15. The number of methoxy groups -OCH3 is 2. The van der Waals surface area contributed by atoms with Crippen LogP contribution in [0.25, 0.3) is 16.9 Å². The maximum absolute atomic E-state index is 12.8. The number of carbonyl (C=O) groups is 2. The lowest BCUT2D eigenvalue weighted by Crippen LogP contribution is -2.28. The zero-order valence-electron chi connectivity index (χ0n) is 17.2. The molecule has 2 aromatic heterocycles. The van der Waals surface area contributed by atoms with Gasteiger partial charge >= 0.3 is 5.97 Å². The lowest BCUT2D eigenvalue weighted by atomic mass is 10.2. The van der Waals surface area contributed by atoms with Crippen LogP contribution in [0, 0.1) is 0 Å². The summed E-state index contributed by atoms with van der Waals surface area (Å²) >= 11 is 0. The summed E-state index contributed by atoms with van der Waals surface area (Å²) in [7, 11) is 2.85. The number of carbonyl (C=O) groups excluding carboxylic acids is 2. The van der Waals surface area contributed by atoms with Crippen molar-refractivity contribution in [1.29, 1.82) is 0 Å². The van der Waals surface area contributed by atoms with E-state index in [1.165, 1.54) is 30.3 Å². The van der Waals surface area contributed by atoms with Gasteiger partial charge in [0.25, 0.3) is 5.56 Å². The summed E-state index contributed by atoms with van der Waals surface area (Å²) in [6.07, 6.45) is 1.27. The Bertz CT molecular complexity index is 1340. The second-order valence-electron chi connectivity index (χ2n) is 6.67. The monoisotopic (exact) mass is 434 g/mol. The lowest BCUT2D eigenvalue weighted by Gasteiger charge is -2.08. The molecule has 0 fully saturated rings. The Kier molecular flexibility index (Phi) is 5.62. The first kappa shape index (κ1) is 20.7. The summed E-state index contributed by atoms with van der Waals surface area (Å²) in [6, 6.07) is 13.2. The van der Waals surface area contributed by atoms with Crippen LogP contribution in [0.3, 0.4) is 0 Å². The molecule has 1 N–H and O–H groups in total. The Balaban J connectivity index is 1.52. The molecule has 32 heavy (non-hydrogen) atoms. The number of nitrogens with zero attached hydrogens (tertiary/aromatic N) is 5. The second kappa shape index (κ2) is 8.68. The molecule has 0 spiro atoms. The third-order valence-electron chi connectivity index (χ3n) is 4.65. The highest BCUT2D eigenvalue weighted by Crippen LogP contribution is 2.16. The number of amides is 1. The van der Waals surface area contributed by atoms with Gasteiger partial charge in [-0.2, -0.15) is 4.68 Å². The Labute approximate surface area is 181 Å². The molecule has 0 aliphatic heterocycles. The van der Waals surface area contributed by atoms with Crippen LogP contribution in [0.1, 0.15) is 10.4 Å². The summed E-state index contributed by atoms with van der Waals surface area (Å²) in [5.74, 6) is -0.238. The molecular weight excluding hydrogens is 416 g/mol. The van der Waals surface area contributed by atoms with Gasteiger partial charge < -0.3 is 14.8 Å². The molecule has 2 heterocycles. The highest BCUT2D eigenvalue weighted by atomic mass is 16.5. The van der Waals surface area contributed by atoms with Crippen LogP contribution in [0.5, 0.6) is 5.75 Å². The fourth-order valence-electron chi connectivity index (χ4n) is 3.02. The molecule has 4 rings (SSSR count). The number of hydrogen-bond acceptors (Lipinski definition) is 8. The minimum absolute atomic E-state index is 0.0403. The van der Waals surface area contributed by atoms with Crippen LogP contribution in [0.2, 0.25) is 0 Å². The number of hydrogen-bond donors (Lipinski definition) is 1. The maximum Gasteiger partial charge on any atom is 0.337 e. The van der Waals surface area contributed by atoms with Crippen molar-refractivity contribution in [2.24, 2.45) is 0 Å². The molecule has 0 saturated heterocycles. The van der Waals surface area contributed by atoms with E-state index < -0.39 is 17.4 Å². The van der Waals surface area contributed by atoms with Crippen LogP contribution in [-0.2, 0) is 16.1 Å². The molecule has 162 valence electrons. The van der Waals surface area contributed by atoms with Gasteiger partial charge in [-0.15, -0.1) is 5.10 Å². The standard InChI is InChI=1S/C21H18N6O5/c1-31-16-9-7-15(8-10-16)27-19-18(24-25-27)20(29)26(12-22-19)11-17(28)23-14-5-3-13(4-6-14)21(30)32-2/h3-10,12H,11H2,1-2H3,(H,23,28). The predicted molar refractivity (Wildman–Crippen MR) is 114 cm³/mol. The van der Waals surface area contributed by atoms with E-state index >= 15 is 0 Å². The van der Waals surface area contributed by atoms with Gasteiger partial charge in [-0.1, -0.05) is 5.21 Å². The van der Waals surface area contributed by atoms with Crippen molar-refractivity contribution in [3.8, 4) is 11.4 Å². The van der Waals surface area contributed by atoms with Crippen LogP contribution < -0.4 is 15.6 Å². The van der Waals surface area contributed by atoms with Crippen molar-refractivity contribution in [2.75, 3.05) is 19.5 Å². The van der Waals surface area contributed by atoms with Crippen molar-refractivity contribution in [2.45, 2.75) is 6.54 Å². The number of aromatic nitrogens is 5. The molecule has 1 amide bonds.